The molecular weight excluding hydrogens is 209 g/mol. The van der Waals surface area contributed by atoms with Crippen LogP contribution in [0.3, 0.4) is 0 Å². The highest BCUT2D eigenvalue weighted by Gasteiger charge is 2.12. The third kappa shape index (κ3) is 2.14. The van der Waals surface area contributed by atoms with Gasteiger partial charge in [-0.15, -0.1) is 0 Å². The topological polar surface area (TPSA) is 38.3 Å². The van der Waals surface area contributed by atoms with Crippen LogP contribution in [0.2, 0.25) is 5.02 Å². The van der Waals surface area contributed by atoms with E-state index in [-0.39, 0.29) is 16.5 Å². The quantitative estimate of drug-likeness (QED) is 0.787. The number of amides is 1. The highest BCUT2D eigenvalue weighted by atomic mass is 35.5. The molecule has 0 heterocycles. The van der Waals surface area contributed by atoms with Crippen molar-refractivity contribution in [2.75, 3.05) is 11.9 Å². The molecule has 0 atom stereocenters. The number of carbonyl (C=O) groups excluding carboxylic acids is 1. The van der Waals surface area contributed by atoms with Gasteiger partial charge in [-0.1, -0.05) is 11.6 Å². The van der Waals surface area contributed by atoms with E-state index in [2.05, 4.69) is 5.32 Å². The van der Waals surface area contributed by atoms with Gasteiger partial charge in [-0.2, -0.15) is 0 Å². The van der Waals surface area contributed by atoms with Crippen molar-refractivity contribution in [3.05, 3.63) is 23.0 Å². The summed E-state index contributed by atoms with van der Waals surface area (Å²) in [5, 5.41) is 2.39. The van der Waals surface area contributed by atoms with Crippen molar-refractivity contribution in [3.63, 3.8) is 0 Å². The molecule has 1 aromatic rings. The molecule has 0 fully saturated rings. The van der Waals surface area contributed by atoms with Crippen molar-refractivity contribution in [3.8, 4) is 5.75 Å². The lowest BCUT2D eigenvalue weighted by atomic mass is 10.3. The van der Waals surface area contributed by atoms with Crippen LogP contribution in [-0.4, -0.2) is 13.0 Å². The maximum absolute atomic E-state index is 13.5. The minimum Gasteiger partial charge on any atom is -0.489 e. The van der Waals surface area contributed by atoms with E-state index in [4.69, 9.17) is 16.3 Å². The Hall–Kier alpha value is -1.29. The van der Waals surface area contributed by atoms with E-state index in [0.717, 1.165) is 0 Å². The van der Waals surface area contributed by atoms with Crippen molar-refractivity contribution in [1.29, 1.82) is 0 Å². The molecule has 0 saturated carbocycles. The molecule has 76 valence electrons. The first kappa shape index (κ1) is 10.8. The van der Waals surface area contributed by atoms with E-state index < -0.39 is 5.82 Å². The summed E-state index contributed by atoms with van der Waals surface area (Å²) in [7, 11) is 0. The summed E-state index contributed by atoms with van der Waals surface area (Å²) in [4.78, 5) is 10.1. The number of nitrogens with one attached hydrogen (secondary N) is 1. The summed E-state index contributed by atoms with van der Waals surface area (Å²) in [6.07, 6.45) is 0.391. The zero-order valence-electron chi connectivity index (χ0n) is 7.51. The molecule has 0 aliphatic heterocycles. The molecule has 3 nitrogen and oxygen atoms in total. The second kappa shape index (κ2) is 4.81. The van der Waals surface area contributed by atoms with E-state index in [0.29, 0.717) is 13.0 Å². The smallest absolute Gasteiger partial charge is 0.211 e. The highest BCUT2D eigenvalue weighted by Crippen LogP contribution is 2.32. The van der Waals surface area contributed by atoms with Crippen molar-refractivity contribution in [2.45, 2.75) is 6.92 Å². The highest BCUT2D eigenvalue weighted by molar-refractivity contribution is 6.32. The maximum atomic E-state index is 13.5. The Morgan fingerprint density at radius 3 is 2.93 bits per heavy atom. The van der Waals surface area contributed by atoms with Gasteiger partial charge in [0.15, 0.2) is 11.6 Å². The lowest BCUT2D eigenvalue weighted by Crippen LogP contribution is -2.01. The molecule has 14 heavy (non-hydrogen) atoms. The van der Waals surface area contributed by atoms with E-state index >= 15 is 0 Å². The van der Waals surface area contributed by atoms with Gasteiger partial charge in [-0.3, -0.25) is 4.79 Å². The van der Waals surface area contributed by atoms with Crippen LogP contribution in [0.15, 0.2) is 12.1 Å². The van der Waals surface area contributed by atoms with Crippen molar-refractivity contribution >= 4 is 23.7 Å². The SMILES string of the molecule is CCOc1c(Cl)ccc(NC=O)c1F. The van der Waals surface area contributed by atoms with Crippen LogP contribution in [0.1, 0.15) is 6.92 Å². The number of anilines is 1. The molecule has 1 N–H and O–H groups in total. The maximum Gasteiger partial charge on any atom is 0.211 e. The first-order valence-electron chi connectivity index (χ1n) is 4.01. The van der Waals surface area contributed by atoms with Crippen LogP contribution >= 0.6 is 11.6 Å². The fraction of sp³-hybridized carbons (Fsp3) is 0.222. The molecule has 0 unspecified atom stereocenters. The van der Waals surface area contributed by atoms with Gasteiger partial charge in [0.25, 0.3) is 0 Å². The zero-order valence-corrected chi connectivity index (χ0v) is 8.27. The Labute approximate surface area is 85.8 Å². The van der Waals surface area contributed by atoms with Crippen molar-refractivity contribution in [2.24, 2.45) is 0 Å². The Bertz CT molecular complexity index is 344. The van der Waals surface area contributed by atoms with Gasteiger partial charge < -0.3 is 10.1 Å². The third-order valence-corrected chi connectivity index (χ3v) is 1.85. The molecular formula is C9H9ClFNO2. The number of hydrogen-bond donors (Lipinski definition) is 1. The first-order valence-corrected chi connectivity index (χ1v) is 4.39. The minimum atomic E-state index is -0.661. The van der Waals surface area contributed by atoms with Crippen molar-refractivity contribution < 1.29 is 13.9 Å². The molecule has 0 aliphatic rings. The molecule has 1 aromatic carbocycles. The van der Waals surface area contributed by atoms with E-state index in [1.807, 2.05) is 0 Å². The third-order valence-electron chi connectivity index (χ3n) is 1.55. The van der Waals surface area contributed by atoms with Gasteiger partial charge in [0.05, 0.1) is 17.3 Å². The Morgan fingerprint density at radius 2 is 2.36 bits per heavy atom. The van der Waals surface area contributed by atoms with Crippen LogP contribution < -0.4 is 10.1 Å². The first-order chi connectivity index (χ1) is 6.70. The monoisotopic (exact) mass is 217 g/mol. The average molecular weight is 218 g/mol. The van der Waals surface area contributed by atoms with Crippen LogP contribution in [0.5, 0.6) is 5.75 Å². The average Bonchev–Trinajstić information content (AvgIpc) is 2.17. The molecule has 0 saturated heterocycles. The molecule has 1 amide bonds. The van der Waals surface area contributed by atoms with E-state index in [1.165, 1.54) is 12.1 Å². The van der Waals surface area contributed by atoms with Gasteiger partial charge in [-0.25, -0.2) is 4.39 Å². The number of benzene rings is 1. The summed E-state index contributed by atoms with van der Waals surface area (Å²) < 4.78 is 18.5. The summed E-state index contributed by atoms with van der Waals surface area (Å²) in [5.74, 6) is -0.701. The summed E-state index contributed by atoms with van der Waals surface area (Å²) in [6.45, 7) is 2.02. The summed E-state index contributed by atoms with van der Waals surface area (Å²) in [5.41, 5.74) is 0.0489. The number of halogens is 2. The van der Waals surface area contributed by atoms with E-state index in [1.54, 1.807) is 6.92 Å². The molecule has 0 aliphatic carbocycles. The fourth-order valence-electron chi connectivity index (χ4n) is 0.984. The molecule has 1 rings (SSSR count). The number of rotatable bonds is 4. The second-order valence-electron chi connectivity index (χ2n) is 2.43. The fourth-order valence-corrected chi connectivity index (χ4v) is 1.18. The normalized spacial score (nSPS) is 9.64. The van der Waals surface area contributed by atoms with Crippen LogP contribution in [0, 0.1) is 5.82 Å². The Morgan fingerprint density at radius 1 is 1.64 bits per heavy atom. The van der Waals surface area contributed by atoms with Crippen LogP contribution in [0.25, 0.3) is 0 Å². The molecule has 0 aromatic heterocycles. The van der Waals surface area contributed by atoms with Gasteiger partial charge in [0, 0.05) is 0 Å². The molecule has 0 spiro atoms. The van der Waals surface area contributed by atoms with Crippen LogP contribution in [0.4, 0.5) is 10.1 Å². The Kier molecular flexibility index (Phi) is 3.71. The summed E-state index contributed by atoms with van der Waals surface area (Å²) in [6, 6.07) is 2.83. The van der Waals surface area contributed by atoms with Gasteiger partial charge in [0.2, 0.25) is 6.41 Å². The standard InChI is InChI=1S/C9H9ClFNO2/c1-2-14-9-6(10)3-4-7(8(9)11)12-5-13/h3-5H,2H2,1H3,(H,12,13). The Balaban J connectivity index is 3.11. The predicted molar refractivity (Wildman–Crippen MR) is 52.3 cm³/mol. The largest absolute Gasteiger partial charge is 0.489 e. The van der Waals surface area contributed by atoms with Crippen LogP contribution in [-0.2, 0) is 4.79 Å². The summed E-state index contributed by atoms with van der Waals surface area (Å²) >= 11 is 5.70. The zero-order chi connectivity index (χ0) is 10.6. The van der Waals surface area contributed by atoms with Gasteiger partial charge >= 0.3 is 0 Å². The minimum absolute atomic E-state index is 0.0407. The van der Waals surface area contributed by atoms with Gasteiger partial charge in [0.1, 0.15) is 0 Å². The van der Waals surface area contributed by atoms with E-state index in [9.17, 15) is 9.18 Å². The lowest BCUT2D eigenvalue weighted by Gasteiger charge is -2.09. The number of ether oxygens (including phenoxy) is 1. The predicted octanol–water partition coefficient (Wildman–Crippen LogP) is 2.45. The number of hydrogen-bond acceptors (Lipinski definition) is 2. The second-order valence-corrected chi connectivity index (χ2v) is 2.84. The van der Waals surface area contributed by atoms with Gasteiger partial charge in [-0.05, 0) is 19.1 Å². The molecule has 5 heteroatoms. The lowest BCUT2D eigenvalue weighted by molar-refractivity contribution is -0.105. The molecule has 0 bridgehead atoms. The molecule has 0 radical (unpaired) electrons. The van der Waals surface area contributed by atoms with Crippen molar-refractivity contribution in [1.82, 2.24) is 0 Å². The number of carbonyl (C=O) groups is 1.